The molecule has 0 bridgehead atoms. The van der Waals surface area contributed by atoms with Crippen LogP contribution in [0.4, 0.5) is 5.69 Å². The molecule has 6 heteroatoms. The molecule has 6 nitrogen and oxygen atoms in total. The van der Waals surface area contributed by atoms with Crippen LogP contribution in [0.5, 0.6) is 0 Å². The fourth-order valence-electron chi connectivity index (χ4n) is 2.46. The van der Waals surface area contributed by atoms with Gasteiger partial charge in [0, 0.05) is 24.0 Å². The van der Waals surface area contributed by atoms with E-state index in [0.717, 1.165) is 0 Å². The van der Waals surface area contributed by atoms with Crippen LogP contribution in [0.2, 0.25) is 0 Å². The molecule has 23 heavy (non-hydrogen) atoms. The van der Waals surface area contributed by atoms with Gasteiger partial charge in [0.25, 0.3) is 5.91 Å². The zero-order chi connectivity index (χ0) is 15.8. The summed E-state index contributed by atoms with van der Waals surface area (Å²) in [5.74, 6) is -0.527. The number of imidazole rings is 1. The summed E-state index contributed by atoms with van der Waals surface area (Å²) in [6.07, 6.45) is 5.23. The SMILES string of the molecule is O=C(Nc1cccn2ccnc12)c1cc2ccccc2oc1=O. The minimum absolute atomic E-state index is 0.0442. The molecule has 0 aliphatic carbocycles. The van der Waals surface area contributed by atoms with Crippen molar-refractivity contribution in [3.63, 3.8) is 0 Å². The van der Waals surface area contributed by atoms with Gasteiger partial charge < -0.3 is 14.1 Å². The van der Waals surface area contributed by atoms with Crippen molar-refractivity contribution in [3.05, 3.63) is 77.0 Å². The van der Waals surface area contributed by atoms with Crippen molar-refractivity contribution in [1.29, 1.82) is 0 Å². The first kappa shape index (κ1) is 13.3. The van der Waals surface area contributed by atoms with Crippen molar-refractivity contribution in [1.82, 2.24) is 9.38 Å². The van der Waals surface area contributed by atoms with Gasteiger partial charge in [-0.1, -0.05) is 18.2 Å². The molecule has 0 aliphatic heterocycles. The van der Waals surface area contributed by atoms with Gasteiger partial charge in [0.05, 0.1) is 5.69 Å². The molecule has 1 amide bonds. The average molecular weight is 305 g/mol. The Balaban J connectivity index is 1.76. The second-order valence-electron chi connectivity index (χ2n) is 5.02. The maximum atomic E-state index is 12.4. The summed E-state index contributed by atoms with van der Waals surface area (Å²) in [5.41, 5.74) is 0.860. The largest absolute Gasteiger partial charge is 0.422 e. The van der Waals surface area contributed by atoms with E-state index in [1.807, 2.05) is 12.3 Å². The fraction of sp³-hybridized carbons (Fsp3) is 0. The van der Waals surface area contributed by atoms with Gasteiger partial charge in [-0.3, -0.25) is 4.79 Å². The minimum Gasteiger partial charge on any atom is -0.422 e. The zero-order valence-corrected chi connectivity index (χ0v) is 11.9. The standard InChI is InChI=1S/C17H11N3O3/c21-16(19-13-5-3-8-20-9-7-18-15(13)20)12-10-11-4-1-2-6-14(11)23-17(12)22/h1-10H,(H,19,21). The van der Waals surface area contributed by atoms with E-state index in [9.17, 15) is 9.59 Å². The Morgan fingerprint density at radius 1 is 1.13 bits per heavy atom. The van der Waals surface area contributed by atoms with E-state index in [2.05, 4.69) is 10.3 Å². The molecule has 1 aromatic carbocycles. The number of hydrogen-bond donors (Lipinski definition) is 1. The Morgan fingerprint density at radius 3 is 2.91 bits per heavy atom. The molecule has 0 fully saturated rings. The first-order valence-corrected chi connectivity index (χ1v) is 6.98. The lowest BCUT2D eigenvalue weighted by molar-refractivity contribution is 0.102. The lowest BCUT2D eigenvalue weighted by atomic mass is 10.2. The smallest absolute Gasteiger partial charge is 0.349 e. The lowest BCUT2D eigenvalue weighted by Gasteiger charge is -2.06. The van der Waals surface area contributed by atoms with E-state index in [-0.39, 0.29) is 5.56 Å². The summed E-state index contributed by atoms with van der Waals surface area (Å²) < 4.78 is 6.96. The molecule has 0 spiro atoms. The number of nitrogens with zero attached hydrogens (tertiary/aromatic N) is 2. The Hall–Kier alpha value is -3.41. The van der Waals surface area contributed by atoms with Crippen LogP contribution in [-0.2, 0) is 0 Å². The molecule has 1 N–H and O–H groups in total. The third kappa shape index (κ3) is 2.26. The molecule has 0 unspecified atom stereocenters. The van der Waals surface area contributed by atoms with Gasteiger partial charge in [-0.05, 0) is 24.3 Å². The molecule has 0 atom stereocenters. The van der Waals surface area contributed by atoms with Crippen LogP contribution in [0.25, 0.3) is 16.6 Å². The highest BCUT2D eigenvalue weighted by Gasteiger charge is 2.15. The van der Waals surface area contributed by atoms with Crippen molar-refractivity contribution in [2.75, 3.05) is 5.32 Å². The summed E-state index contributed by atoms with van der Waals surface area (Å²) >= 11 is 0. The molecular formula is C17H11N3O3. The van der Waals surface area contributed by atoms with Crippen LogP contribution in [0, 0.1) is 0 Å². The number of nitrogens with one attached hydrogen (secondary N) is 1. The Kier molecular flexibility index (Phi) is 2.94. The zero-order valence-electron chi connectivity index (χ0n) is 11.9. The summed E-state index contributed by atoms with van der Waals surface area (Å²) in [6.45, 7) is 0. The molecular weight excluding hydrogens is 294 g/mol. The van der Waals surface area contributed by atoms with E-state index < -0.39 is 11.5 Å². The minimum atomic E-state index is -0.670. The van der Waals surface area contributed by atoms with Gasteiger partial charge in [-0.2, -0.15) is 0 Å². The molecule has 4 rings (SSSR count). The van der Waals surface area contributed by atoms with Gasteiger partial charge in [0.1, 0.15) is 11.1 Å². The molecule has 0 aliphatic rings. The number of carbonyl (C=O) groups is 1. The lowest BCUT2D eigenvalue weighted by Crippen LogP contribution is -2.21. The monoisotopic (exact) mass is 305 g/mol. The Bertz CT molecular complexity index is 1090. The predicted molar refractivity (Wildman–Crippen MR) is 85.6 cm³/mol. The molecule has 3 aromatic heterocycles. The Morgan fingerprint density at radius 2 is 2.00 bits per heavy atom. The number of fused-ring (bicyclic) bond motifs is 2. The normalized spacial score (nSPS) is 11.0. The second-order valence-corrected chi connectivity index (χ2v) is 5.02. The third-order valence-electron chi connectivity index (χ3n) is 3.55. The van der Waals surface area contributed by atoms with Gasteiger partial charge in [0.15, 0.2) is 5.65 Å². The summed E-state index contributed by atoms with van der Waals surface area (Å²) in [6, 6.07) is 12.1. The molecule has 0 saturated heterocycles. The molecule has 4 aromatic rings. The first-order valence-electron chi connectivity index (χ1n) is 6.98. The summed E-state index contributed by atoms with van der Waals surface area (Å²) in [5, 5.41) is 3.40. The number of benzene rings is 1. The number of anilines is 1. The highest BCUT2D eigenvalue weighted by Crippen LogP contribution is 2.17. The maximum absolute atomic E-state index is 12.4. The third-order valence-corrected chi connectivity index (χ3v) is 3.55. The van der Waals surface area contributed by atoms with Gasteiger partial charge in [-0.25, -0.2) is 9.78 Å². The number of pyridine rings is 1. The second kappa shape index (κ2) is 5.10. The average Bonchev–Trinajstić information content (AvgIpc) is 3.04. The fourth-order valence-corrected chi connectivity index (χ4v) is 2.46. The molecule has 0 saturated carbocycles. The van der Waals surface area contributed by atoms with E-state index in [0.29, 0.717) is 22.3 Å². The van der Waals surface area contributed by atoms with Gasteiger partial charge in [0.2, 0.25) is 0 Å². The Labute approximate surface area is 130 Å². The van der Waals surface area contributed by atoms with Crippen LogP contribution in [0.15, 0.2) is 70.3 Å². The number of carbonyl (C=O) groups excluding carboxylic acids is 1. The van der Waals surface area contributed by atoms with Crippen LogP contribution in [-0.4, -0.2) is 15.3 Å². The van der Waals surface area contributed by atoms with Gasteiger partial charge in [-0.15, -0.1) is 0 Å². The van der Waals surface area contributed by atoms with E-state index in [1.54, 1.807) is 47.1 Å². The number of hydrogen-bond acceptors (Lipinski definition) is 4. The highest BCUT2D eigenvalue weighted by molar-refractivity contribution is 6.06. The van der Waals surface area contributed by atoms with Crippen molar-refractivity contribution in [3.8, 4) is 0 Å². The molecule has 0 radical (unpaired) electrons. The van der Waals surface area contributed by atoms with Gasteiger partial charge >= 0.3 is 5.63 Å². The highest BCUT2D eigenvalue weighted by atomic mass is 16.4. The van der Waals surface area contributed by atoms with Crippen LogP contribution in [0.3, 0.4) is 0 Å². The number of para-hydroxylation sites is 1. The summed E-state index contributed by atoms with van der Waals surface area (Å²) in [7, 11) is 0. The quantitative estimate of drug-likeness (QED) is 0.578. The number of amides is 1. The van der Waals surface area contributed by atoms with Crippen molar-refractivity contribution in [2.45, 2.75) is 0 Å². The van der Waals surface area contributed by atoms with Crippen LogP contribution in [0.1, 0.15) is 10.4 Å². The number of aromatic nitrogens is 2. The molecule has 112 valence electrons. The van der Waals surface area contributed by atoms with Crippen LogP contribution >= 0.6 is 0 Å². The first-order chi connectivity index (χ1) is 11.2. The maximum Gasteiger partial charge on any atom is 0.349 e. The predicted octanol–water partition coefficient (Wildman–Crippen LogP) is 2.69. The van der Waals surface area contributed by atoms with Crippen molar-refractivity contribution >= 4 is 28.2 Å². The molecule has 3 heterocycles. The number of rotatable bonds is 2. The van der Waals surface area contributed by atoms with Crippen molar-refractivity contribution < 1.29 is 9.21 Å². The van der Waals surface area contributed by atoms with E-state index >= 15 is 0 Å². The van der Waals surface area contributed by atoms with Crippen LogP contribution < -0.4 is 10.9 Å². The van der Waals surface area contributed by atoms with Crippen molar-refractivity contribution in [2.24, 2.45) is 0 Å². The topological polar surface area (TPSA) is 76.6 Å². The van der Waals surface area contributed by atoms with E-state index in [4.69, 9.17) is 4.42 Å². The summed E-state index contributed by atoms with van der Waals surface area (Å²) in [4.78, 5) is 28.7. The van der Waals surface area contributed by atoms with E-state index in [1.165, 1.54) is 6.07 Å².